The lowest BCUT2D eigenvalue weighted by Gasteiger charge is -2.10. The molecule has 0 unspecified atom stereocenters. The van der Waals surface area contributed by atoms with E-state index >= 15 is 0 Å². The van der Waals surface area contributed by atoms with Gasteiger partial charge in [0.05, 0.1) is 6.20 Å². The third kappa shape index (κ3) is 4.82. The average molecular weight is 408 g/mol. The maximum absolute atomic E-state index is 12.4. The van der Waals surface area contributed by atoms with Crippen LogP contribution in [0, 0.1) is 6.92 Å². The molecular weight excluding hydrogens is 388 g/mol. The minimum Gasteiger partial charge on any atom is -0.483 e. The standard InChI is InChI=1S/C21H20N4O5/c1-13-5-3-4-6-17(13)30-12-18(26)23-15-9-7-14(8-10-15)20(27)24-19-16(21(28)29)11-22-25(19)2/h3-11H,12H2,1-2H3,(H,23,26)(H,24,27)(H,28,29). The second-order valence-corrected chi connectivity index (χ2v) is 6.47. The molecule has 3 rings (SSSR count). The van der Waals surface area contributed by atoms with E-state index in [1.54, 1.807) is 18.2 Å². The van der Waals surface area contributed by atoms with Gasteiger partial charge in [0.1, 0.15) is 17.1 Å². The molecule has 3 N–H and O–H groups in total. The van der Waals surface area contributed by atoms with Crippen LogP contribution in [0.3, 0.4) is 0 Å². The van der Waals surface area contributed by atoms with Crippen molar-refractivity contribution in [2.24, 2.45) is 7.05 Å². The number of rotatable bonds is 7. The van der Waals surface area contributed by atoms with Gasteiger partial charge in [-0.25, -0.2) is 4.79 Å². The molecule has 0 fully saturated rings. The quantitative estimate of drug-likeness (QED) is 0.552. The number of aromatic carboxylic acids is 1. The second kappa shape index (κ2) is 8.91. The summed E-state index contributed by atoms with van der Waals surface area (Å²) in [4.78, 5) is 35.7. The largest absolute Gasteiger partial charge is 0.483 e. The Labute approximate surface area is 172 Å². The number of carboxylic acid groups (broad SMARTS) is 1. The first-order chi connectivity index (χ1) is 14.3. The third-order valence-electron chi connectivity index (χ3n) is 4.28. The minimum atomic E-state index is -1.19. The number of hydrogen-bond acceptors (Lipinski definition) is 5. The van der Waals surface area contributed by atoms with Crippen LogP contribution in [0.25, 0.3) is 0 Å². The van der Waals surface area contributed by atoms with Crippen LogP contribution in [0.2, 0.25) is 0 Å². The molecule has 0 aliphatic heterocycles. The molecule has 3 aromatic rings. The molecule has 0 aliphatic rings. The fourth-order valence-electron chi connectivity index (χ4n) is 2.69. The number of anilines is 2. The van der Waals surface area contributed by atoms with Crippen LogP contribution >= 0.6 is 0 Å². The zero-order valence-electron chi connectivity index (χ0n) is 16.4. The summed E-state index contributed by atoms with van der Waals surface area (Å²) in [5, 5.41) is 18.2. The molecule has 0 aliphatic carbocycles. The number of hydrogen-bond donors (Lipinski definition) is 3. The van der Waals surface area contributed by atoms with E-state index in [2.05, 4.69) is 15.7 Å². The molecule has 0 atom stereocenters. The summed E-state index contributed by atoms with van der Waals surface area (Å²) in [5.74, 6) is -1.31. The highest BCUT2D eigenvalue weighted by molar-refractivity contribution is 6.07. The van der Waals surface area contributed by atoms with Crippen molar-refractivity contribution in [3.05, 3.63) is 71.4 Å². The van der Waals surface area contributed by atoms with Gasteiger partial charge < -0.3 is 20.5 Å². The van der Waals surface area contributed by atoms with Crippen molar-refractivity contribution in [3.63, 3.8) is 0 Å². The van der Waals surface area contributed by atoms with Crippen LogP contribution in [0.5, 0.6) is 5.75 Å². The molecule has 2 amide bonds. The van der Waals surface area contributed by atoms with Crippen molar-refractivity contribution in [3.8, 4) is 5.75 Å². The Bertz CT molecular complexity index is 1090. The number of carbonyl (C=O) groups excluding carboxylic acids is 2. The fraction of sp³-hybridized carbons (Fsp3) is 0.143. The van der Waals surface area contributed by atoms with Crippen molar-refractivity contribution in [1.82, 2.24) is 9.78 Å². The number of carboxylic acids is 1. The van der Waals surface area contributed by atoms with Gasteiger partial charge in [0, 0.05) is 18.3 Å². The summed E-state index contributed by atoms with van der Waals surface area (Å²) in [6.07, 6.45) is 1.16. The Morgan fingerprint density at radius 3 is 2.43 bits per heavy atom. The van der Waals surface area contributed by atoms with Crippen molar-refractivity contribution in [1.29, 1.82) is 0 Å². The van der Waals surface area contributed by atoms with Gasteiger partial charge in [0.15, 0.2) is 6.61 Å². The lowest BCUT2D eigenvalue weighted by atomic mass is 10.2. The Balaban J connectivity index is 1.59. The van der Waals surface area contributed by atoms with Gasteiger partial charge in [-0.15, -0.1) is 0 Å². The summed E-state index contributed by atoms with van der Waals surface area (Å²) in [5.41, 5.74) is 1.61. The minimum absolute atomic E-state index is 0.0817. The van der Waals surface area contributed by atoms with E-state index in [1.165, 1.54) is 23.9 Å². The molecule has 0 radical (unpaired) electrons. The van der Waals surface area contributed by atoms with E-state index in [0.717, 1.165) is 11.8 Å². The SMILES string of the molecule is Cc1ccccc1OCC(=O)Nc1ccc(C(=O)Nc2c(C(=O)O)cnn2C)cc1. The molecular formula is C21H20N4O5. The number of amides is 2. The number of nitrogens with one attached hydrogen (secondary N) is 2. The number of aromatic nitrogens is 2. The van der Waals surface area contributed by atoms with Gasteiger partial charge in [-0.05, 0) is 42.8 Å². The fourth-order valence-corrected chi connectivity index (χ4v) is 2.69. The second-order valence-electron chi connectivity index (χ2n) is 6.47. The number of benzene rings is 2. The predicted molar refractivity (Wildman–Crippen MR) is 110 cm³/mol. The Kier molecular flexibility index (Phi) is 6.11. The van der Waals surface area contributed by atoms with Crippen molar-refractivity contribution in [2.45, 2.75) is 6.92 Å². The number of aryl methyl sites for hydroxylation is 2. The molecule has 30 heavy (non-hydrogen) atoms. The highest BCUT2D eigenvalue weighted by Crippen LogP contribution is 2.18. The summed E-state index contributed by atoms with van der Waals surface area (Å²) >= 11 is 0. The predicted octanol–water partition coefficient (Wildman–Crippen LogP) is 2.70. The van der Waals surface area contributed by atoms with Gasteiger partial charge in [0.25, 0.3) is 11.8 Å². The first-order valence-electron chi connectivity index (χ1n) is 9.00. The van der Waals surface area contributed by atoms with Crippen LogP contribution in [-0.4, -0.2) is 39.3 Å². The maximum Gasteiger partial charge on any atom is 0.341 e. The van der Waals surface area contributed by atoms with E-state index in [4.69, 9.17) is 9.84 Å². The Hall–Kier alpha value is -4.14. The number of carbonyl (C=O) groups is 3. The number of nitrogens with zero attached hydrogens (tertiary/aromatic N) is 2. The monoisotopic (exact) mass is 408 g/mol. The normalized spacial score (nSPS) is 10.3. The third-order valence-corrected chi connectivity index (χ3v) is 4.28. The topological polar surface area (TPSA) is 123 Å². The highest BCUT2D eigenvalue weighted by atomic mass is 16.5. The lowest BCUT2D eigenvalue weighted by Crippen LogP contribution is -2.20. The number of ether oxygens (including phenoxy) is 1. The van der Waals surface area contributed by atoms with E-state index < -0.39 is 11.9 Å². The van der Waals surface area contributed by atoms with E-state index in [-0.39, 0.29) is 23.9 Å². The molecule has 0 spiro atoms. The molecule has 154 valence electrons. The molecule has 1 heterocycles. The molecule has 0 saturated carbocycles. The molecule has 2 aromatic carbocycles. The van der Waals surface area contributed by atoms with Crippen LogP contribution in [0.15, 0.2) is 54.7 Å². The van der Waals surface area contributed by atoms with E-state index in [0.29, 0.717) is 17.0 Å². The Morgan fingerprint density at radius 1 is 1.07 bits per heavy atom. The molecule has 9 nitrogen and oxygen atoms in total. The zero-order chi connectivity index (χ0) is 21.7. The summed E-state index contributed by atoms with van der Waals surface area (Å²) in [6.45, 7) is 1.74. The molecule has 0 bridgehead atoms. The van der Waals surface area contributed by atoms with Crippen molar-refractivity contribution in [2.75, 3.05) is 17.2 Å². The van der Waals surface area contributed by atoms with Crippen LogP contribution in [0.1, 0.15) is 26.3 Å². The van der Waals surface area contributed by atoms with Gasteiger partial charge in [0.2, 0.25) is 0 Å². The van der Waals surface area contributed by atoms with Gasteiger partial charge in [-0.3, -0.25) is 14.3 Å². The van der Waals surface area contributed by atoms with Crippen LogP contribution in [-0.2, 0) is 11.8 Å². The van der Waals surface area contributed by atoms with E-state index in [1.807, 2.05) is 25.1 Å². The summed E-state index contributed by atoms with van der Waals surface area (Å²) in [6, 6.07) is 13.6. The van der Waals surface area contributed by atoms with Crippen molar-refractivity contribution < 1.29 is 24.2 Å². The summed E-state index contributed by atoms with van der Waals surface area (Å²) in [7, 11) is 1.53. The molecule has 0 saturated heterocycles. The highest BCUT2D eigenvalue weighted by Gasteiger charge is 2.18. The first kappa shape index (κ1) is 20.6. The smallest absolute Gasteiger partial charge is 0.341 e. The molecule has 1 aromatic heterocycles. The summed E-state index contributed by atoms with van der Waals surface area (Å²) < 4.78 is 6.77. The van der Waals surface area contributed by atoms with Crippen molar-refractivity contribution >= 4 is 29.3 Å². The average Bonchev–Trinajstić information content (AvgIpc) is 3.08. The maximum atomic E-state index is 12.4. The van der Waals surface area contributed by atoms with Gasteiger partial charge in [-0.2, -0.15) is 5.10 Å². The Morgan fingerprint density at radius 2 is 1.77 bits per heavy atom. The van der Waals surface area contributed by atoms with Gasteiger partial charge >= 0.3 is 5.97 Å². The number of para-hydroxylation sites is 1. The van der Waals surface area contributed by atoms with Crippen LogP contribution < -0.4 is 15.4 Å². The van der Waals surface area contributed by atoms with E-state index in [9.17, 15) is 14.4 Å². The van der Waals surface area contributed by atoms with Crippen LogP contribution in [0.4, 0.5) is 11.5 Å². The zero-order valence-corrected chi connectivity index (χ0v) is 16.4. The van der Waals surface area contributed by atoms with Gasteiger partial charge in [-0.1, -0.05) is 18.2 Å². The molecule has 9 heteroatoms. The lowest BCUT2D eigenvalue weighted by molar-refractivity contribution is -0.118. The first-order valence-corrected chi connectivity index (χ1v) is 9.00.